The van der Waals surface area contributed by atoms with Crippen LogP contribution < -0.4 is 55.7 Å². The van der Waals surface area contributed by atoms with Gasteiger partial charge in [0.2, 0.25) is 0 Å². The standard InChI is InChI=1S/C52H70N8O2.2ClH/c1-57(2)29-9-31-59(5,6)33-11-35-61-45-21-13-39(14-22-45)51-47-25-17-41(53-47)37-43-19-27-49(55-43)52(50-28-20-44(56-50)38-42-18-26-48(51)54-42)40-15-23-46(24-16-40)62-36-12-34-60(7,8)32-10-30-58(3)4;;/h13-28,37-38,53-56H,9-12,29-36H2,1-8H3;2*1H/q+2;;/p-2. The van der Waals surface area contributed by atoms with Crippen LogP contribution in [-0.2, 0) is 0 Å². The highest BCUT2D eigenvalue weighted by Gasteiger charge is 2.17. The lowest BCUT2D eigenvalue weighted by molar-refractivity contribution is -0.890. The fourth-order valence-corrected chi connectivity index (χ4v) is 8.47. The maximum Gasteiger partial charge on any atom is 0.119 e. The number of aromatic nitrogens is 4. The summed E-state index contributed by atoms with van der Waals surface area (Å²) in [5.74, 6) is 1.78. The molecule has 0 radical (unpaired) electrons. The molecule has 6 aromatic rings. The van der Waals surface area contributed by atoms with Gasteiger partial charge < -0.3 is 73.0 Å². The molecular weight excluding hydrogens is 840 g/mol. The third kappa shape index (κ3) is 14.0. The van der Waals surface area contributed by atoms with Crippen molar-refractivity contribution >= 4 is 23.3 Å². The molecule has 0 spiro atoms. The van der Waals surface area contributed by atoms with E-state index in [2.05, 4.69) is 195 Å². The molecule has 0 aliphatic carbocycles. The Bertz CT molecular complexity index is 2430. The van der Waals surface area contributed by atoms with Crippen LogP contribution in [0.15, 0.2) is 97.1 Å². The number of hydrogen-bond donors (Lipinski definition) is 4. The van der Waals surface area contributed by atoms with Crippen LogP contribution in [-0.4, -0.2) is 148 Å². The third-order valence-corrected chi connectivity index (χ3v) is 11.9. The van der Waals surface area contributed by atoms with Crippen molar-refractivity contribution in [3.05, 3.63) is 152 Å². The summed E-state index contributed by atoms with van der Waals surface area (Å²) in [6, 6.07) is 34.3. The van der Waals surface area contributed by atoms with Crippen LogP contribution >= 0.6 is 0 Å². The summed E-state index contributed by atoms with van der Waals surface area (Å²) < 4.78 is 14.5. The van der Waals surface area contributed by atoms with Crippen LogP contribution in [0, 0.1) is 0 Å². The van der Waals surface area contributed by atoms with Gasteiger partial charge in [0.15, 0.2) is 0 Å². The monoisotopic (exact) mass is 908 g/mol. The van der Waals surface area contributed by atoms with Gasteiger partial charge in [0.1, 0.15) is 11.5 Å². The SMILES string of the molecule is CN(C)CCC[N+](C)(C)CCCOc1ccc(C2=c3ccc([nH]3)=Cc3ccc([nH]3)C(c3ccc(OCCC[N+](C)(C)CCCN(C)C)cc3)=c3ccc([nH]3)=Cc3ccc2[nH]3)cc1.[Cl-].[Cl-]. The van der Waals surface area contributed by atoms with E-state index in [1.807, 2.05) is 0 Å². The molecule has 4 N–H and O–H groups in total. The number of fused-ring (bicyclic) bond motifs is 8. The number of nitrogens with zero attached hydrogens (tertiary/aromatic N) is 4. The fraction of sp³-hybridized carbons (Fsp3) is 0.385. The quantitative estimate of drug-likeness (QED) is 0.0589. The van der Waals surface area contributed by atoms with E-state index in [0.717, 1.165) is 126 Å². The summed E-state index contributed by atoms with van der Waals surface area (Å²) >= 11 is 0. The summed E-state index contributed by atoms with van der Waals surface area (Å²) in [6.45, 7) is 8.18. The van der Waals surface area contributed by atoms with Gasteiger partial charge in [0, 0.05) is 94.1 Å². The first-order valence-electron chi connectivity index (χ1n) is 22.4. The second-order valence-corrected chi connectivity index (χ2v) is 18.9. The van der Waals surface area contributed by atoms with Crippen LogP contribution in [0.1, 0.15) is 59.6 Å². The van der Waals surface area contributed by atoms with E-state index in [1.54, 1.807) is 0 Å². The molecule has 344 valence electrons. The van der Waals surface area contributed by atoms with Gasteiger partial charge >= 0.3 is 0 Å². The number of aromatic amines is 4. The average molecular weight is 910 g/mol. The van der Waals surface area contributed by atoms with E-state index < -0.39 is 0 Å². The van der Waals surface area contributed by atoms with Gasteiger partial charge in [-0.3, -0.25) is 0 Å². The van der Waals surface area contributed by atoms with E-state index in [9.17, 15) is 0 Å². The lowest BCUT2D eigenvalue weighted by Gasteiger charge is -2.30. The van der Waals surface area contributed by atoms with Crippen molar-refractivity contribution in [2.24, 2.45) is 0 Å². The van der Waals surface area contributed by atoms with E-state index in [1.165, 1.54) is 25.9 Å². The van der Waals surface area contributed by atoms with E-state index in [-0.39, 0.29) is 24.8 Å². The van der Waals surface area contributed by atoms with Gasteiger partial charge in [-0.2, -0.15) is 0 Å². The molecule has 8 bridgehead atoms. The van der Waals surface area contributed by atoms with Gasteiger partial charge in [-0.25, -0.2) is 0 Å². The summed E-state index contributed by atoms with van der Waals surface area (Å²) in [6.07, 6.45) is 8.76. The predicted molar refractivity (Wildman–Crippen MR) is 255 cm³/mol. The number of benzene rings is 2. The molecule has 10 nitrogen and oxygen atoms in total. The van der Waals surface area contributed by atoms with Crippen LogP contribution in [0.25, 0.3) is 23.3 Å². The first-order valence-corrected chi connectivity index (χ1v) is 22.4. The summed E-state index contributed by atoms with van der Waals surface area (Å²) in [7, 11) is 17.8. The van der Waals surface area contributed by atoms with Crippen molar-refractivity contribution in [3.8, 4) is 11.5 Å². The Kier molecular flexibility index (Phi) is 17.8. The highest BCUT2D eigenvalue weighted by Crippen LogP contribution is 2.25. The molecule has 64 heavy (non-hydrogen) atoms. The molecule has 7 rings (SSSR count). The lowest BCUT2D eigenvalue weighted by atomic mass is 10.0. The average Bonchev–Trinajstić information content (AvgIpc) is 4.07. The van der Waals surface area contributed by atoms with Crippen LogP contribution in [0.5, 0.6) is 11.5 Å². The Morgan fingerprint density at radius 1 is 0.438 bits per heavy atom. The molecule has 1 aliphatic heterocycles. The Hall–Kier alpha value is -4.94. The largest absolute Gasteiger partial charge is 1.00 e. The van der Waals surface area contributed by atoms with Crippen molar-refractivity contribution in [3.63, 3.8) is 0 Å². The number of H-pyrrole nitrogens is 4. The Balaban J connectivity index is 0.00000385. The topological polar surface area (TPSA) is 88.1 Å². The minimum atomic E-state index is 0. The molecule has 0 amide bonds. The van der Waals surface area contributed by atoms with E-state index >= 15 is 0 Å². The first kappa shape index (κ1) is 50.1. The summed E-state index contributed by atoms with van der Waals surface area (Å²) in [4.78, 5) is 19.4. The van der Waals surface area contributed by atoms with Gasteiger partial charge in [-0.05, 0) is 124 Å². The number of hydrogen-bond acceptors (Lipinski definition) is 4. The molecule has 2 aromatic carbocycles. The van der Waals surface area contributed by atoms with Crippen molar-refractivity contribution in [1.29, 1.82) is 0 Å². The Morgan fingerprint density at radius 2 is 0.812 bits per heavy atom. The van der Waals surface area contributed by atoms with Crippen LogP contribution in [0.2, 0.25) is 0 Å². The molecule has 0 saturated heterocycles. The van der Waals surface area contributed by atoms with Gasteiger partial charge in [-0.15, -0.1) is 0 Å². The molecular formula is C52H70Cl2N8O2. The minimum Gasteiger partial charge on any atom is -1.00 e. The number of nitrogens with one attached hydrogen (secondary N) is 4. The maximum atomic E-state index is 6.24. The van der Waals surface area contributed by atoms with Crippen molar-refractivity contribution in [2.45, 2.75) is 25.7 Å². The Labute approximate surface area is 393 Å². The number of quaternary nitrogens is 2. The molecule has 1 aliphatic rings. The predicted octanol–water partition coefficient (Wildman–Crippen LogP) is -0.933. The molecule has 4 aromatic heterocycles. The second kappa shape index (κ2) is 22.8. The highest BCUT2D eigenvalue weighted by atomic mass is 35.5. The summed E-state index contributed by atoms with van der Waals surface area (Å²) in [5, 5.41) is 4.09. The zero-order chi connectivity index (χ0) is 43.7. The molecule has 0 saturated carbocycles. The zero-order valence-corrected chi connectivity index (χ0v) is 40.8. The molecule has 0 atom stereocenters. The molecule has 5 heterocycles. The number of halogens is 2. The van der Waals surface area contributed by atoms with Crippen LogP contribution in [0.3, 0.4) is 0 Å². The van der Waals surface area contributed by atoms with Gasteiger partial charge in [0.25, 0.3) is 0 Å². The normalized spacial score (nSPS) is 12.7. The smallest absolute Gasteiger partial charge is 0.119 e. The number of rotatable bonds is 20. The van der Waals surface area contributed by atoms with Crippen LogP contribution in [0.4, 0.5) is 0 Å². The fourth-order valence-electron chi connectivity index (χ4n) is 8.47. The van der Waals surface area contributed by atoms with E-state index in [0.29, 0.717) is 13.2 Å². The third-order valence-electron chi connectivity index (χ3n) is 11.9. The molecule has 0 unspecified atom stereocenters. The second-order valence-electron chi connectivity index (χ2n) is 18.9. The number of ether oxygens (including phenoxy) is 2. The molecule has 0 fully saturated rings. The van der Waals surface area contributed by atoms with Crippen molar-refractivity contribution in [1.82, 2.24) is 29.7 Å². The lowest BCUT2D eigenvalue weighted by Crippen LogP contribution is -3.00. The Morgan fingerprint density at radius 3 is 1.19 bits per heavy atom. The minimum absolute atomic E-state index is 0. The van der Waals surface area contributed by atoms with Gasteiger partial charge in [0.05, 0.1) is 67.6 Å². The first-order chi connectivity index (χ1) is 29.8. The zero-order valence-electron chi connectivity index (χ0n) is 39.2. The van der Waals surface area contributed by atoms with Crippen molar-refractivity contribution < 1.29 is 43.3 Å². The highest BCUT2D eigenvalue weighted by molar-refractivity contribution is 5.79. The molecule has 12 heteroatoms. The van der Waals surface area contributed by atoms with Gasteiger partial charge in [-0.1, -0.05) is 24.3 Å². The maximum absolute atomic E-state index is 6.24. The van der Waals surface area contributed by atoms with Crippen molar-refractivity contribution in [2.75, 3.05) is 109 Å². The van der Waals surface area contributed by atoms with E-state index in [4.69, 9.17) is 9.47 Å². The summed E-state index contributed by atoms with van der Waals surface area (Å²) in [5.41, 5.74) is 8.50.